The first-order valence-electron chi connectivity index (χ1n) is 6.73. The van der Waals surface area contributed by atoms with E-state index in [0.29, 0.717) is 5.76 Å². The van der Waals surface area contributed by atoms with Crippen LogP contribution in [0, 0.1) is 0 Å². The first-order chi connectivity index (χ1) is 10.2. The Balaban J connectivity index is 1.66. The molecule has 2 aromatic heterocycles. The third kappa shape index (κ3) is 3.05. The van der Waals surface area contributed by atoms with Gasteiger partial charge in [-0.3, -0.25) is 4.79 Å². The lowest BCUT2D eigenvalue weighted by Gasteiger charge is -2.08. The van der Waals surface area contributed by atoms with Crippen LogP contribution >= 0.6 is 0 Å². The van der Waals surface area contributed by atoms with Crippen LogP contribution in [0.4, 0.5) is 0 Å². The van der Waals surface area contributed by atoms with Gasteiger partial charge in [-0.05, 0) is 37.3 Å². The highest BCUT2D eigenvalue weighted by Crippen LogP contribution is 2.19. The highest BCUT2D eigenvalue weighted by Gasteiger charge is 2.09. The maximum Gasteiger partial charge on any atom is 0.244 e. The van der Waals surface area contributed by atoms with Gasteiger partial charge in [-0.15, -0.1) is 0 Å². The number of benzene rings is 1. The van der Waals surface area contributed by atoms with E-state index in [1.165, 1.54) is 6.08 Å². The zero-order chi connectivity index (χ0) is 14.7. The molecule has 3 aromatic rings. The van der Waals surface area contributed by atoms with Crippen LogP contribution in [-0.2, 0) is 4.79 Å². The van der Waals surface area contributed by atoms with Crippen molar-refractivity contribution >= 4 is 23.0 Å². The van der Waals surface area contributed by atoms with Gasteiger partial charge in [0.15, 0.2) is 0 Å². The molecule has 1 unspecified atom stereocenters. The van der Waals surface area contributed by atoms with E-state index in [1.807, 2.05) is 43.3 Å². The van der Waals surface area contributed by atoms with Crippen molar-refractivity contribution < 1.29 is 13.6 Å². The SMILES string of the molecule is CC(NC(=O)/C=C/c1cc2ccccc2o1)c1ccco1. The number of amides is 1. The Kier molecular flexibility index (Phi) is 3.60. The van der Waals surface area contributed by atoms with E-state index in [-0.39, 0.29) is 11.9 Å². The van der Waals surface area contributed by atoms with Crippen LogP contribution in [0.5, 0.6) is 0 Å². The number of hydrogen-bond acceptors (Lipinski definition) is 3. The zero-order valence-electron chi connectivity index (χ0n) is 11.6. The number of hydrogen-bond donors (Lipinski definition) is 1. The number of carbonyl (C=O) groups excluding carboxylic acids is 1. The summed E-state index contributed by atoms with van der Waals surface area (Å²) in [4.78, 5) is 11.9. The minimum Gasteiger partial charge on any atom is -0.467 e. The van der Waals surface area contributed by atoms with E-state index in [4.69, 9.17) is 8.83 Å². The van der Waals surface area contributed by atoms with Crippen LogP contribution in [0.3, 0.4) is 0 Å². The molecule has 21 heavy (non-hydrogen) atoms. The molecule has 1 aromatic carbocycles. The van der Waals surface area contributed by atoms with E-state index in [1.54, 1.807) is 18.4 Å². The van der Waals surface area contributed by atoms with Gasteiger partial charge in [-0.25, -0.2) is 0 Å². The van der Waals surface area contributed by atoms with Crippen LogP contribution in [0.1, 0.15) is 24.5 Å². The lowest BCUT2D eigenvalue weighted by molar-refractivity contribution is -0.117. The fraction of sp³-hybridized carbons (Fsp3) is 0.118. The average Bonchev–Trinajstić information content (AvgIpc) is 3.14. The summed E-state index contributed by atoms with van der Waals surface area (Å²) >= 11 is 0. The first-order valence-corrected chi connectivity index (χ1v) is 6.73. The Bertz CT molecular complexity index is 735. The summed E-state index contributed by atoms with van der Waals surface area (Å²) in [6, 6.07) is 13.1. The molecule has 0 aliphatic carbocycles. The molecular formula is C17H15NO3. The monoisotopic (exact) mass is 281 g/mol. The number of furan rings is 2. The Morgan fingerprint density at radius 3 is 2.86 bits per heavy atom. The highest BCUT2D eigenvalue weighted by molar-refractivity contribution is 5.92. The van der Waals surface area contributed by atoms with Gasteiger partial charge in [0.25, 0.3) is 0 Å². The molecule has 0 radical (unpaired) electrons. The van der Waals surface area contributed by atoms with Crippen molar-refractivity contribution in [2.45, 2.75) is 13.0 Å². The molecule has 2 heterocycles. The standard InChI is InChI=1S/C17H15NO3/c1-12(15-7-4-10-20-15)18-17(19)9-8-14-11-13-5-2-3-6-16(13)21-14/h2-12H,1H3,(H,18,19)/b9-8+. The molecule has 0 fully saturated rings. The van der Waals surface area contributed by atoms with Crippen molar-refractivity contribution in [2.75, 3.05) is 0 Å². The predicted molar refractivity (Wildman–Crippen MR) is 80.5 cm³/mol. The zero-order valence-corrected chi connectivity index (χ0v) is 11.6. The maximum atomic E-state index is 11.9. The second kappa shape index (κ2) is 5.71. The molecule has 4 nitrogen and oxygen atoms in total. The third-order valence-corrected chi connectivity index (χ3v) is 3.17. The van der Waals surface area contributed by atoms with Crippen molar-refractivity contribution in [3.8, 4) is 0 Å². The summed E-state index contributed by atoms with van der Waals surface area (Å²) in [6.45, 7) is 1.87. The van der Waals surface area contributed by atoms with Gasteiger partial charge in [-0.2, -0.15) is 0 Å². The normalized spacial score (nSPS) is 12.8. The molecule has 1 N–H and O–H groups in total. The molecule has 0 aliphatic heterocycles. The molecule has 4 heteroatoms. The lowest BCUT2D eigenvalue weighted by Crippen LogP contribution is -2.24. The van der Waals surface area contributed by atoms with Gasteiger partial charge < -0.3 is 14.2 Å². The molecule has 0 saturated carbocycles. The summed E-state index contributed by atoms with van der Waals surface area (Å²) in [6.07, 6.45) is 4.70. The minimum atomic E-state index is -0.195. The van der Waals surface area contributed by atoms with Crippen molar-refractivity contribution in [1.29, 1.82) is 0 Å². The molecule has 0 aliphatic rings. The largest absolute Gasteiger partial charge is 0.467 e. The molecule has 0 bridgehead atoms. The Labute approximate surface area is 122 Å². The van der Waals surface area contributed by atoms with Crippen molar-refractivity contribution in [2.24, 2.45) is 0 Å². The van der Waals surface area contributed by atoms with Crippen LogP contribution in [0.25, 0.3) is 17.0 Å². The van der Waals surface area contributed by atoms with Gasteiger partial charge in [0.1, 0.15) is 17.1 Å². The summed E-state index contributed by atoms with van der Waals surface area (Å²) in [5.74, 6) is 1.18. The van der Waals surface area contributed by atoms with E-state index in [0.717, 1.165) is 16.7 Å². The van der Waals surface area contributed by atoms with Crippen LogP contribution in [0.2, 0.25) is 0 Å². The van der Waals surface area contributed by atoms with E-state index >= 15 is 0 Å². The van der Waals surface area contributed by atoms with Crippen LogP contribution in [0.15, 0.2) is 63.6 Å². The number of para-hydroxylation sites is 1. The highest BCUT2D eigenvalue weighted by atomic mass is 16.3. The van der Waals surface area contributed by atoms with Crippen molar-refractivity contribution in [3.05, 3.63) is 66.3 Å². The molecule has 0 saturated heterocycles. The summed E-state index contributed by atoms with van der Waals surface area (Å²) in [5.41, 5.74) is 0.807. The van der Waals surface area contributed by atoms with E-state index < -0.39 is 0 Å². The lowest BCUT2D eigenvalue weighted by atomic mass is 10.2. The number of rotatable bonds is 4. The van der Waals surface area contributed by atoms with Gasteiger partial charge in [0, 0.05) is 11.5 Å². The summed E-state index contributed by atoms with van der Waals surface area (Å²) < 4.78 is 10.9. The summed E-state index contributed by atoms with van der Waals surface area (Å²) in [7, 11) is 0. The van der Waals surface area contributed by atoms with Gasteiger partial charge in [0.05, 0.1) is 12.3 Å². The van der Waals surface area contributed by atoms with E-state index in [2.05, 4.69) is 5.32 Å². The molecule has 1 amide bonds. The smallest absolute Gasteiger partial charge is 0.244 e. The molecule has 106 valence electrons. The van der Waals surface area contributed by atoms with Gasteiger partial charge in [0.2, 0.25) is 5.91 Å². The average molecular weight is 281 g/mol. The Morgan fingerprint density at radius 2 is 2.10 bits per heavy atom. The van der Waals surface area contributed by atoms with Crippen molar-refractivity contribution in [1.82, 2.24) is 5.32 Å². The van der Waals surface area contributed by atoms with Gasteiger partial charge >= 0.3 is 0 Å². The van der Waals surface area contributed by atoms with Crippen LogP contribution in [-0.4, -0.2) is 5.91 Å². The molecular weight excluding hydrogens is 266 g/mol. The van der Waals surface area contributed by atoms with Crippen LogP contribution < -0.4 is 5.32 Å². The quantitative estimate of drug-likeness (QED) is 0.737. The second-order valence-corrected chi connectivity index (χ2v) is 4.77. The molecule has 0 spiro atoms. The molecule has 1 atom stereocenters. The molecule has 3 rings (SSSR count). The topological polar surface area (TPSA) is 55.4 Å². The maximum absolute atomic E-state index is 11.9. The van der Waals surface area contributed by atoms with Crippen molar-refractivity contribution in [3.63, 3.8) is 0 Å². The first kappa shape index (κ1) is 13.2. The predicted octanol–water partition coefficient (Wildman–Crippen LogP) is 3.92. The van der Waals surface area contributed by atoms with E-state index in [9.17, 15) is 4.79 Å². The number of fused-ring (bicyclic) bond motifs is 1. The fourth-order valence-electron chi connectivity index (χ4n) is 2.11. The Hall–Kier alpha value is -2.75. The Morgan fingerprint density at radius 1 is 1.24 bits per heavy atom. The number of nitrogens with one attached hydrogen (secondary N) is 1. The second-order valence-electron chi connectivity index (χ2n) is 4.77. The van der Waals surface area contributed by atoms with Gasteiger partial charge in [-0.1, -0.05) is 18.2 Å². The minimum absolute atomic E-state index is 0.173. The fourth-order valence-corrected chi connectivity index (χ4v) is 2.11. The third-order valence-electron chi connectivity index (χ3n) is 3.17. The number of carbonyl (C=O) groups is 1. The summed E-state index contributed by atoms with van der Waals surface area (Å²) in [5, 5.41) is 3.84.